The van der Waals surface area contributed by atoms with E-state index in [4.69, 9.17) is 0 Å². The third kappa shape index (κ3) is 22400. The predicted molar refractivity (Wildman–Crippen MR) is 45.0 cm³/mol. The first-order chi connectivity index (χ1) is 4.00. The van der Waals surface area contributed by atoms with Gasteiger partial charge >= 0.3 is 0 Å². The first kappa shape index (κ1) is 24.7. The van der Waals surface area contributed by atoms with Gasteiger partial charge in [-0.3, -0.25) is 0 Å². The molecule has 0 rings (SSSR count). The fourth-order valence-electron chi connectivity index (χ4n) is 0. The molecule has 0 atom stereocenters. The second-order valence-corrected chi connectivity index (χ2v) is 0. The van der Waals surface area contributed by atoms with Gasteiger partial charge in [0.1, 0.15) is 0 Å². The van der Waals surface area contributed by atoms with Gasteiger partial charge < -0.3 is 11.5 Å². The lowest BCUT2D eigenvalue weighted by atomic mass is 11.0. The second kappa shape index (κ2) is 37900. The minimum absolute atomic E-state index is 0. The van der Waals surface area contributed by atoms with Crippen molar-refractivity contribution in [1.82, 2.24) is 0 Å². The maximum absolute atomic E-state index is 4.50. The molecule has 0 fully saturated rings. The molecule has 0 aromatic heterocycles. The van der Waals surface area contributed by atoms with Crippen molar-refractivity contribution < 1.29 is 1.43 Å². The van der Waals surface area contributed by atoms with Gasteiger partial charge in [0.15, 0.2) is 0 Å². The van der Waals surface area contributed by atoms with Crippen LogP contribution in [0.2, 0.25) is 0 Å². The molecule has 2 heteroatoms. The Morgan fingerprint density at radius 3 is 0.625 bits per heavy atom. The normalized spacial score (nSPS) is 3.00. The van der Waals surface area contributed by atoms with Crippen molar-refractivity contribution in [3.05, 3.63) is 0 Å². The van der Waals surface area contributed by atoms with Crippen molar-refractivity contribution >= 4 is 0 Å². The van der Waals surface area contributed by atoms with Crippen molar-refractivity contribution in [2.24, 2.45) is 11.5 Å². The maximum atomic E-state index is 4.50. The fraction of sp³-hybridized carbons (Fsp3) is 1.00. The molecule has 0 aliphatic heterocycles. The van der Waals surface area contributed by atoms with Crippen LogP contribution in [0.5, 0.6) is 0 Å². The van der Waals surface area contributed by atoms with Gasteiger partial charge in [-0.1, -0.05) is 27.7 Å². The summed E-state index contributed by atoms with van der Waals surface area (Å²) in [5.74, 6) is 0. The van der Waals surface area contributed by atoms with Crippen molar-refractivity contribution in [3.8, 4) is 0 Å². The molecular formula is C6H24N2. The average molecular weight is 124 g/mol. The Bertz CT molecular complexity index is 11.0. The van der Waals surface area contributed by atoms with Gasteiger partial charge in [0.25, 0.3) is 0 Å². The predicted octanol–water partition coefficient (Wildman–Crippen LogP) is 1.45. The van der Waals surface area contributed by atoms with E-state index in [1.807, 2.05) is 27.7 Å². The maximum Gasteiger partial charge on any atom is 0 e. The minimum atomic E-state index is 0. The summed E-state index contributed by atoms with van der Waals surface area (Å²) < 4.78 is 0. The Kier molecular flexibility index (Phi) is 117000. The zero-order chi connectivity index (χ0) is 8.00. The third-order valence-corrected chi connectivity index (χ3v) is 0. The molecule has 0 aromatic rings. The quantitative estimate of drug-likeness (QED) is 0.513. The van der Waals surface area contributed by atoms with Gasteiger partial charge in [0.2, 0.25) is 0 Å². The van der Waals surface area contributed by atoms with Crippen LogP contribution in [0.3, 0.4) is 0 Å². The Morgan fingerprint density at radius 2 is 0.625 bits per heavy atom. The molecule has 8 heavy (non-hydrogen) atoms. The molecule has 0 amide bonds. The lowest BCUT2D eigenvalue weighted by Crippen LogP contribution is -1.69. The molecule has 0 bridgehead atoms. The number of hydrogen-bond acceptors (Lipinski definition) is 2. The smallest absolute Gasteiger partial charge is 0 e. The fourth-order valence-corrected chi connectivity index (χ4v) is 0. The van der Waals surface area contributed by atoms with E-state index < -0.39 is 0 Å². The van der Waals surface area contributed by atoms with Crippen molar-refractivity contribution in [2.45, 2.75) is 27.7 Å². The van der Waals surface area contributed by atoms with E-state index in [-0.39, 0.29) is 1.43 Å². The Morgan fingerprint density at radius 1 is 0.625 bits per heavy atom. The summed E-state index contributed by atoms with van der Waals surface area (Å²) in [6.45, 7) is 8.00. The Balaban J connectivity index is -0.00000000762. The van der Waals surface area contributed by atoms with Crippen LogP contribution < -0.4 is 11.5 Å². The number of rotatable bonds is 0. The van der Waals surface area contributed by atoms with Crippen LogP contribution >= 0.6 is 0 Å². The molecule has 0 unspecified atom stereocenters. The van der Waals surface area contributed by atoms with E-state index in [2.05, 4.69) is 11.5 Å². The molecular weight excluding hydrogens is 100 g/mol. The third-order valence-electron chi connectivity index (χ3n) is 0. The van der Waals surface area contributed by atoms with Gasteiger partial charge in [-0.15, -0.1) is 0 Å². The molecule has 4 N–H and O–H groups in total. The molecule has 58 valence electrons. The Labute approximate surface area is 55.7 Å². The monoisotopic (exact) mass is 124 g/mol. The largest absolute Gasteiger partial charge is 0.333 e. The average Bonchev–Trinajstić information content (AvgIpc) is 2.03. The van der Waals surface area contributed by atoms with Crippen LogP contribution in [0.4, 0.5) is 0 Å². The summed E-state index contributed by atoms with van der Waals surface area (Å²) in [4.78, 5) is 0. The molecule has 0 aliphatic carbocycles. The highest BCUT2D eigenvalue weighted by atomic mass is 14.4. The summed E-state index contributed by atoms with van der Waals surface area (Å²) >= 11 is 0. The minimum Gasteiger partial charge on any atom is -0.333 e. The van der Waals surface area contributed by atoms with E-state index in [1.165, 1.54) is 14.1 Å². The van der Waals surface area contributed by atoms with Gasteiger partial charge in [0.05, 0.1) is 0 Å². The van der Waals surface area contributed by atoms with Crippen LogP contribution in [-0.2, 0) is 0 Å². The molecule has 0 saturated carbocycles. The molecule has 0 radical (unpaired) electrons. The molecule has 2 nitrogen and oxygen atoms in total. The van der Waals surface area contributed by atoms with Gasteiger partial charge in [-0.25, -0.2) is 0 Å². The van der Waals surface area contributed by atoms with E-state index in [0.717, 1.165) is 0 Å². The number of hydrogen-bond donors (Lipinski definition) is 2. The van der Waals surface area contributed by atoms with Crippen LogP contribution in [0.15, 0.2) is 0 Å². The second-order valence-electron chi connectivity index (χ2n) is 0. The Hall–Kier alpha value is -0.0800. The highest BCUT2D eigenvalue weighted by Crippen LogP contribution is 1.15. The van der Waals surface area contributed by atoms with Gasteiger partial charge in [0, 0.05) is 1.43 Å². The lowest BCUT2D eigenvalue weighted by Gasteiger charge is -1.19. The summed E-state index contributed by atoms with van der Waals surface area (Å²) in [6.07, 6.45) is 0. The zero-order valence-electron chi connectivity index (χ0n) is 7.15. The van der Waals surface area contributed by atoms with Gasteiger partial charge in [-0.2, -0.15) is 0 Å². The van der Waals surface area contributed by atoms with Crippen LogP contribution in [-0.4, -0.2) is 14.1 Å². The van der Waals surface area contributed by atoms with Crippen molar-refractivity contribution in [3.63, 3.8) is 0 Å². The topological polar surface area (TPSA) is 52.0 Å². The van der Waals surface area contributed by atoms with E-state index in [0.29, 0.717) is 0 Å². The molecule has 0 spiro atoms. The SMILES string of the molecule is CC.CC.CN.CN.[HH]. The summed E-state index contributed by atoms with van der Waals surface area (Å²) in [6, 6.07) is 0. The van der Waals surface area contributed by atoms with E-state index >= 15 is 0 Å². The molecule has 0 saturated heterocycles. The van der Waals surface area contributed by atoms with Crippen molar-refractivity contribution in [1.29, 1.82) is 0 Å². The first-order valence-electron chi connectivity index (χ1n) is 3.15. The standard InChI is InChI=1S/2C2H6.2CH5N.H2/c4*1-2;/h2*1-2H3;2*2H2,1H3;1H. The first-order valence-corrected chi connectivity index (χ1v) is 3.15. The molecule has 0 aromatic carbocycles. The van der Waals surface area contributed by atoms with E-state index in [1.54, 1.807) is 0 Å². The molecule has 0 aliphatic rings. The zero-order valence-corrected chi connectivity index (χ0v) is 7.15. The number of nitrogens with two attached hydrogens (primary N) is 2. The van der Waals surface area contributed by atoms with Gasteiger partial charge in [-0.05, 0) is 14.1 Å². The van der Waals surface area contributed by atoms with E-state index in [9.17, 15) is 0 Å². The van der Waals surface area contributed by atoms with Crippen LogP contribution in [0.1, 0.15) is 29.1 Å². The summed E-state index contributed by atoms with van der Waals surface area (Å²) in [5.41, 5.74) is 9.00. The lowest BCUT2D eigenvalue weighted by molar-refractivity contribution is 1.48. The molecule has 0 heterocycles. The summed E-state index contributed by atoms with van der Waals surface area (Å²) in [5, 5.41) is 0. The van der Waals surface area contributed by atoms with Crippen LogP contribution in [0, 0.1) is 0 Å². The highest BCUT2D eigenvalue weighted by molar-refractivity contribution is 3.54. The van der Waals surface area contributed by atoms with Crippen molar-refractivity contribution in [2.75, 3.05) is 14.1 Å². The van der Waals surface area contributed by atoms with Crippen LogP contribution in [0.25, 0.3) is 0 Å². The summed E-state index contributed by atoms with van der Waals surface area (Å²) in [7, 11) is 3.00. The highest BCUT2D eigenvalue weighted by Gasteiger charge is 0.934.